The van der Waals surface area contributed by atoms with Crippen molar-refractivity contribution >= 4 is 34.3 Å². The van der Waals surface area contributed by atoms with Crippen LogP contribution in [0.2, 0.25) is 5.02 Å². The summed E-state index contributed by atoms with van der Waals surface area (Å²) in [4.78, 5) is 16.9. The molecule has 0 unspecified atom stereocenters. The van der Waals surface area contributed by atoms with Crippen molar-refractivity contribution < 1.29 is 13.9 Å². The van der Waals surface area contributed by atoms with E-state index in [-0.39, 0.29) is 12.5 Å². The van der Waals surface area contributed by atoms with Gasteiger partial charge in [-0.15, -0.1) is 0 Å². The van der Waals surface area contributed by atoms with Gasteiger partial charge in [-0.1, -0.05) is 43.6 Å². The number of carbonyl (C=O) groups is 1. The van der Waals surface area contributed by atoms with Crippen molar-refractivity contribution in [3.05, 3.63) is 76.8 Å². The Kier molecular flexibility index (Phi) is 6.47. The lowest BCUT2D eigenvalue weighted by Gasteiger charge is -2.11. The zero-order chi connectivity index (χ0) is 22.7. The zero-order valence-electron chi connectivity index (χ0n) is 18.3. The number of ether oxygens (including phenoxy) is 1. The summed E-state index contributed by atoms with van der Waals surface area (Å²) in [6, 6.07) is 18.9. The molecule has 0 fully saturated rings. The lowest BCUT2D eigenvalue weighted by molar-refractivity contribution is -0.118. The van der Waals surface area contributed by atoms with Crippen LogP contribution in [-0.4, -0.2) is 17.5 Å². The van der Waals surface area contributed by atoms with Crippen molar-refractivity contribution in [1.82, 2.24) is 4.98 Å². The Bertz CT molecular complexity index is 1250. The Labute approximate surface area is 192 Å². The molecule has 0 saturated carbocycles. The number of fused-ring (bicyclic) bond motifs is 1. The van der Waals surface area contributed by atoms with Crippen molar-refractivity contribution in [3.8, 4) is 17.2 Å². The first kappa shape index (κ1) is 21.9. The second-order valence-corrected chi connectivity index (χ2v) is 8.31. The molecule has 32 heavy (non-hydrogen) atoms. The fraction of sp³-hybridized carbons (Fsp3) is 0.231. The second kappa shape index (κ2) is 9.45. The van der Waals surface area contributed by atoms with Crippen LogP contribution in [0.15, 0.2) is 65.1 Å². The van der Waals surface area contributed by atoms with Gasteiger partial charge in [-0.3, -0.25) is 4.79 Å². The summed E-state index contributed by atoms with van der Waals surface area (Å²) in [6.45, 7) is 6.24. The number of aromatic nitrogens is 1. The van der Waals surface area contributed by atoms with Gasteiger partial charge in [-0.05, 0) is 72.9 Å². The van der Waals surface area contributed by atoms with Gasteiger partial charge in [0.2, 0.25) is 5.89 Å². The topological polar surface area (TPSA) is 64.4 Å². The van der Waals surface area contributed by atoms with Crippen molar-refractivity contribution in [2.24, 2.45) is 0 Å². The molecular weight excluding hydrogens is 424 g/mol. The van der Waals surface area contributed by atoms with Gasteiger partial charge in [0.1, 0.15) is 11.3 Å². The molecule has 0 saturated heterocycles. The Morgan fingerprint density at radius 2 is 1.91 bits per heavy atom. The third-order valence-corrected chi connectivity index (χ3v) is 5.79. The zero-order valence-corrected chi connectivity index (χ0v) is 19.1. The van der Waals surface area contributed by atoms with E-state index in [1.165, 1.54) is 5.56 Å². The lowest BCUT2D eigenvalue weighted by Crippen LogP contribution is -2.20. The predicted octanol–water partition coefficient (Wildman–Crippen LogP) is 6.99. The van der Waals surface area contributed by atoms with Crippen LogP contribution in [0, 0.1) is 6.92 Å². The van der Waals surface area contributed by atoms with E-state index in [2.05, 4.69) is 24.1 Å². The minimum Gasteiger partial charge on any atom is -0.484 e. The van der Waals surface area contributed by atoms with E-state index in [9.17, 15) is 4.79 Å². The van der Waals surface area contributed by atoms with E-state index < -0.39 is 0 Å². The molecule has 1 atom stereocenters. The van der Waals surface area contributed by atoms with E-state index in [0.717, 1.165) is 17.5 Å². The molecule has 0 aliphatic heterocycles. The summed E-state index contributed by atoms with van der Waals surface area (Å²) >= 11 is 6.38. The minimum atomic E-state index is -0.266. The summed E-state index contributed by atoms with van der Waals surface area (Å²) in [7, 11) is 0. The second-order valence-electron chi connectivity index (χ2n) is 7.90. The average molecular weight is 449 g/mol. The standard InChI is InChI=1S/C26H25ClN2O3/c1-4-17(3)18-6-9-20(10-7-18)31-15-25(30)28-19-8-11-22(27)21(14-19)26-29-23-12-5-16(2)13-24(23)32-26/h5-14,17H,4,15H2,1-3H3,(H,28,30)/t17-/m1/s1. The summed E-state index contributed by atoms with van der Waals surface area (Å²) in [6.07, 6.45) is 1.08. The van der Waals surface area contributed by atoms with Gasteiger partial charge >= 0.3 is 0 Å². The third-order valence-electron chi connectivity index (χ3n) is 5.46. The molecule has 5 nitrogen and oxygen atoms in total. The number of nitrogens with one attached hydrogen (secondary N) is 1. The van der Waals surface area contributed by atoms with Crippen molar-refractivity contribution in [3.63, 3.8) is 0 Å². The molecule has 164 valence electrons. The number of oxazole rings is 1. The number of anilines is 1. The normalized spacial score (nSPS) is 12.0. The van der Waals surface area contributed by atoms with Crippen LogP contribution in [0.4, 0.5) is 5.69 Å². The Balaban J connectivity index is 1.43. The highest BCUT2D eigenvalue weighted by Gasteiger charge is 2.14. The van der Waals surface area contributed by atoms with Crippen LogP contribution in [0.3, 0.4) is 0 Å². The average Bonchev–Trinajstić information content (AvgIpc) is 3.21. The predicted molar refractivity (Wildman–Crippen MR) is 128 cm³/mol. The molecule has 1 amide bonds. The SMILES string of the molecule is CC[C@@H](C)c1ccc(OCC(=O)Nc2ccc(Cl)c(-c3nc4ccc(C)cc4o3)c2)cc1. The minimum absolute atomic E-state index is 0.0944. The molecule has 0 spiro atoms. The van der Waals surface area contributed by atoms with E-state index in [1.807, 2.05) is 49.4 Å². The number of hydrogen-bond donors (Lipinski definition) is 1. The third kappa shape index (κ3) is 4.94. The van der Waals surface area contributed by atoms with Crippen LogP contribution >= 0.6 is 11.6 Å². The number of aryl methyl sites for hydroxylation is 1. The largest absolute Gasteiger partial charge is 0.484 e. The van der Waals surface area contributed by atoms with Crippen LogP contribution in [-0.2, 0) is 4.79 Å². The lowest BCUT2D eigenvalue weighted by atomic mass is 9.99. The van der Waals surface area contributed by atoms with Gasteiger partial charge < -0.3 is 14.5 Å². The maximum absolute atomic E-state index is 12.4. The van der Waals surface area contributed by atoms with Gasteiger partial charge in [0, 0.05) is 5.69 Å². The van der Waals surface area contributed by atoms with Gasteiger partial charge in [-0.2, -0.15) is 0 Å². The molecule has 3 aromatic carbocycles. The Morgan fingerprint density at radius 1 is 1.12 bits per heavy atom. The summed E-state index contributed by atoms with van der Waals surface area (Å²) in [5.41, 5.74) is 4.99. The Hall–Kier alpha value is -3.31. The number of benzene rings is 3. The highest BCUT2D eigenvalue weighted by atomic mass is 35.5. The molecule has 0 radical (unpaired) electrons. The van der Waals surface area contributed by atoms with Gasteiger partial charge in [0.05, 0.1) is 10.6 Å². The number of halogens is 1. The summed E-state index contributed by atoms with van der Waals surface area (Å²) < 4.78 is 11.5. The van der Waals surface area contributed by atoms with Gasteiger partial charge in [0.25, 0.3) is 5.91 Å². The first-order chi connectivity index (χ1) is 15.4. The first-order valence-electron chi connectivity index (χ1n) is 10.6. The highest BCUT2D eigenvalue weighted by molar-refractivity contribution is 6.33. The van der Waals surface area contributed by atoms with Gasteiger partial charge in [0.15, 0.2) is 12.2 Å². The molecule has 0 aliphatic rings. The van der Waals surface area contributed by atoms with E-state index in [4.69, 9.17) is 20.8 Å². The van der Waals surface area contributed by atoms with Gasteiger partial charge in [-0.25, -0.2) is 4.98 Å². The summed E-state index contributed by atoms with van der Waals surface area (Å²) in [5, 5.41) is 3.33. The fourth-order valence-electron chi connectivity index (χ4n) is 3.39. The molecule has 4 aromatic rings. The Morgan fingerprint density at radius 3 is 2.66 bits per heavy atom. The maximum Gasteiger partial charge on any atom is 0.262 e. The smallest absolute Gasteiger partial charge is 0.262 e. The molecule has 6 heteroatoms. The van der Waals surface area contributed by atoms with Crippen LogP contribution in [0.25, 0.3) is 22.6 Å². The van der Waals surface area contributed by atoms with E-state index in [1.54, 1.807) is 18.2 Å². The number of carbonyl (C=O) groups excluding carboxylic acids is 1. The van der Waals surface area contributed by atoms with E-state index in [0.29, 0.717) is 39.4 Å². The van der Waals surface area contributed by atoms with Crippen molar-refractivity contribution in [2.75, 3.05) is 11.9 Å². The molecule has 1 aromatic heterocycles. The fourth-order valence-corrected chi connectivity index (χ4v) is 3.59. The first-order valence-corrected chi connectivity index (χ1v) is 11.0. The molecule has 0 aliphatic carbocycles. The number of nitrogens with zero attached hydrogens (tertiary/aromatic N) is 1. The monoisotopic (exact) mass is 448 g/mol. The van der Waals surface area contributed by atoms with Crippen LogP contribution < -0.4 is 10.1 Å². The molecule has 4 rings (SSSR count). The van der Waals surface area contributed by atoms with Crippen LogP contribution in [0.1, 0.15) is 37.3 Å². The van der Waals surface area contributed by atoms with E-state index >= 15 is 0 Å². The molecule has 1 heterocycles. The number of hydrogen-bond acceptors (Lipinski definition) is 4. The highest BCUT2D eigenvalue weighted by Crippen LogP contribution is 2.32. The number of amides is 1. The van der Waals surface area contributed by atoms with Crippen LogP contribution in [0.5, 0.6) is 5.75 Å². The quantitative estimate of drug-likeness (QED) is 0.331. The number of rotatable bonds is 7. The molecule has 0 bridgehead atoms. The maximum atomic E-state index is 12.4. The molecule has 1 N–H and O–H groups in total. The van der Waals surface area contributed by atoms with Crippen molar-refractivity contribution in [2.45, 2.75) is 33.1 Å². The summed E-state index contributed by atoms with van der Waals surface area (Å²) in [5.74, 6) is 1.30. The van der Waals surface area contributed by atoms with Crippen molar-refractivity contribution in [1.29, 1.82) is 0 Å². The molecular formula is C26H25ClN2O3.